The van der Waals surface area contributed by atoms with E-state index in [1.165, 1.54) is 0 Å². The van der Waals surface area contributed by atoms with Crippen molar-refractivity contribution in [1.82, 2.24) is 0 Å². The Kier molecular flexibility index (Phi) is 3.07. The van der Waals surface area contributed by atoms with Crippen LogP contribution in [-0.2, 0) is 9.47 Å². The summed E-state index contributed by atoms with van der Waals surface area (Å²) >= 11 is 3.33. The Labute approximate surface area is 96.5 Å². The van der Waals surface area contributed by atoms with E-state index in [1.807, 2.05) is 12.1 Å². The van der Waals surface area contributed by atoms with Gasteiger partial charge in [0, 0.05) is 23.6 Å². The number of ether oxygens (including phenoxy) is 2. The summed E-state index contributed by atoms with van der Waals surface area (Å²) in [6.07, 6.45) is 0.553. The molecule has 0 aliphatic carbocycles. The van der Waals surface area contributed by atoms with Crippen molar-refractivity contribution in [3.63, 3.8) is 0 Å². The predicted molar refractivity (Wildman–Crippen MR) is 58.8 cm³/mol. The van der Waals surface area contributed by atoms with Crippen molar-refractivity contribution in [3.8, 4) is 0 Å². The number of esters is 1. The van der Waals surface area contributed by atoms with Crippen LogP contribution >= 0.6 is 15.9 Å². The molecule has 0 radical (unpaired) electrons. The van der Waals surface area contributed by atoms with Crippen molar-refractivity contribution in [2.75, 3.05) is 13.7 Å². The van der Waals surface area contributed by atoms with Gasteiger partial charge in [-0.15, -0.1) is 0 Å². The van der Waals surface area contributed by atoms with Crippen LogP contribution in [0.2, 0.25) is 0 Å². The summed E-state index contributed by atoms with van der Waals surface area (Å²) in [5.41, 5.74) is 1.62. The van der Waals surface area contributed by atoms with E-state index in [-0.39, 0.29) is 12.1 Å². The summed E-state index contributed by atoms with van der Waals surface area (Å²) in [7, 11) is 1.64. The van der Waals surface area contributed by atoms with Crippen LogP contribution in [0.15, 0.2) is 22.7 Å². The highest BCUT2D eigenvalue weighted by atomic mass is 79.9. The van der Waals surface area contributed by atoms with Crippen LogP contribution in [0.5, 0.6) is 0 Å². The average molecular weight is 271 g/mol. The van der Waals surface area contributed by atoms with Gasteiger partial charge in [0.05, 0.1) is 12.2 Å². The Morgan fingerprint density at radius 3 is 3.07 bits per heavy atom. The van der Waals surface area contributed by atoms with Crippen LogP contribution in [0.4, 0.5) is 0 Å². The number of rotatable bonds is 3. The zero-order valence-electron chi connectivity index (χ0n) is 8.33. The lowest BCUT2D eigenvalue weighted by Crippen LogP contribution is -2.02. The van der Waals surface area contributed by atoms with E-state index in [9.17, 15) is 4.79 Å². The molecule has 0 bridgehead atoms. The molecular formula is C11H11BrO3. The van der Waals surface area contributed by atoms with Gasteiger partial charge in [0.25, 0.3) is 0 Å². The SMILES string of the molecule is COCCC1OC(=O)c2cc(Br)ccc21. The second kappa shape index (κ2) is 4.33. The maximum Gasteiger partial charge on any atom is 0.339 e. The van der Waals surface area contributed by atoms with Gasteiger partial charge >= 0.3 is 5.97 Å². The van der Waals surface area contributed by atoms with Crippen molar-refractivity contribution in [2.45, 2.75) is 12.5 Å². The first-order valence-electron chi connectivity index (χ1n) is 4.71. The summed E-state index contributed by atoms with van der Waals surface area (Å²) < 4.78 is 11.1. The molecular weight excluding hydrogens is 260 g/mol. The van der Waals surface area contributed by atoms with Gasteiger partial charge in [-0.3, -0.25) is 0 Å². The molecule has 1 unspecified atom stereocenters. The predicted octanol–water partition coefficient (Wildman–Crippen LogP) is 2.70. The fraction of sp³-hybridized carbons (Fsp3) is 0.364. The monoisotopic (exact) mass is 270 g/mol. The fourth-order valence-corrected chi connectivity index (χ4v) is 2.04. The molecule has 1 aliphatic heterocycles. The maximum absolute atomic E-state index is 11.5. The summed E-state index contributed by atoms with van der Waals surface area (Å²) in [5, 5.41) is 0. The molecule has 1 heterocycles. The first-order valence-corrected chi connectivity index (χ1v) is 5.51. The van der Waals surface area contributed by atoms with Crippen LogP contribution in [0.1, 0.15) is 28.4 Å². The smallest absolute Gasteiger partial charge is 0.339 e. The van der Waals surface area contributed by atoms with E-state index in [0.29, 0.717) is 18.6 Å². The molecule has 0 fully saturated rings. The van der Waals surface area contributed by atoms with Crippen LogP contribution in [0, 0.1) is 0 Å². The molecule has 1 aromatic rings. The van der Waals surface area contributed by atoms with Crippen molar-refractivity contribution in [1.29, 1.82) is 0 Å². The van der Waals surface area contributed by atoms with Gasteiger partial charge in [0.1, 0.15) is 6.10 Å². The lowest BCUT2D eigenvalue weighted by atomic mass is 10.0. The number of halogens is 1. The highest BCUT2D eigenvalue weighted by Gasteiger charge is 2.30. The van der Waals surface area contributed by atoms with E-state index in [1.54, 1.807) is 13.2 Å². The highest BCUT2D eigenvalue weighted by Crippen LogP contribution is 2.34. The van der Waals surface area contributed by atoms with Crippen LogP contribution in [0.25, 0.3) is 0 Å². The molecule has 2 rings (SSSR count). The molecule has 0 N–H and O–H groups in total. The normalized spacial score (nSPS) is 18.8. The first-order chi connectivity index (χ1) is 7.22. The standard InChI is InChI=1S/C11H11BrO3/c1-14-5-4-10-8-3-2-7(12)6-9(8)11(13)15-10/h2-3,6,10H,4-5H2,1H3. The Balaban J connectivity index is 2.26. The molecule has 1 atom stereocenters. The molecule has 3 nitrogen and oxygen atoms in total. The quantitative estimate of drug-likeness (QED) is 0.793. The number of cyclic esters (lactones) is 1. The van der Waals surface area contributed by atoms with E-state index < -0.39 is 0 Å². The molecule has 0 amide bonds. The van der Waals surface area contributed by atoms with Gasteiger partial charge < -0.3 is 9.47 Å². The van der Waals surface area contributed by atoms with E-state index in [0.717, 1.165) is 10.0 Å². The fourth-order valence-electron chi connectivity index (χ4n) is 1.68. The second-order valence-corrected chi connectivity index (χ2v) is 4.32. The number of carbonyl (C=O) groups excluding carboxylic acids is 1. The largest absolute Gasteiger partial charge is 0.454 e. The van der Waals surface area contributed by atoms with Gasteiger partial charge in [0.2, 0.25) is 0 Å². The third-order valence-electron chi connectivity index (χ3n) is 2.42. The van der Waals surface area contributed by atoms with Crippen LogP contribution in [-0.4, -0.2) is 19.7 Å². The second-order valence-electron chi connectivity index (χ2n) is 3.41. The van der Waals surface area contributed by atoms with Gasteiger partial charge in [-0.25, -0.2) is 4.79 Å². The van der Waals surface area contributed by atoms with Crippen molar-refractivity contribution in [3.05, 3.63) is 33.8 Å². The molecule has 1 aromatic carbocycles. The van der Waals surface area contributed by atoms with E-state index in [2.05, 4.69) is 15.9 Å². The average Bonchev–Trinajstić information content (AvgIpc) is 2.53. The molecule has 15 heavy (non-hydrogen) atoms. The number of benzene rings is 1. The molecule has 80 valence electrons. The van der Waals surface area contributed by atoms with E-state index >= 15 is 0 Å². The maximum atomic E-state index is 11.5. The lowest BCUT2D eigenvalue weighted by molar-refractivity contribution is 0.0307. The molecule has 0 spiro atoms. The Morgan fingerprint density at radius 2 is 2.33 bits per heavy atom. The zero-order valence-corrected chi connectivity index (χ0v) is 9.91. The number of carbonyl (C=O) groups is 1. The first kappa shape index (κ1) is 10.6. The third kappa shape index (κ3) is 2.06. The molecule has 4 heteroatoms. The van der Waals surface area contributed by atoms with Crippen molar-refractivity contribution in [2.24, 2.45) is 0 Å². The van der Waals surface area contributed by atoms with Gasteiger partial charge in [-0.05, 0) is 12.1 Å². The van der Waals surface area contributed by atoms with Crippen molar-refractivity contribution < 1.29 is 14.3 Å². The Morgan fingerprint density at radius 1 is 1.53 bits per heavy atom. The molecule has 0 aromatic heterocycles. The number of fused-ring (bicyclic) bond motifs is 1. The van der Waals surface area contributed by atoms with Gasteiger partial charge in [0.15, 0.2) is 0 Å². The molecule has 1 aliphatic rings. The summed E-state index contributed by atoms with van der Waals surface area (Å²) in [5.74, 6) is -0.243. The van der Waals surface area contributed by atoms with E-state index in [4.69, 9.17) is 9.47 Å². The third-order valence-corrected chi connectivity index (χ3v) is 2.91. The van der Waals surface area contributed by atoms with Crippen LogP contribution < -0.4 is 0 Å². The minimum Gasteiger partial charge on any atom is -0.454 e. The van der Waals surface area contributed by atoms with Crippen LogP contribution in [0.3, 0.4) is 0 Å². The Bertz CT molecular complexity index is 389. The number of methoxy groups -OCH3 is 1. The van der Waals surface area contributed by atoms with Crippen molar-refractivity contribution >= 4 is 21.9 Å². The number of hydrogen-bond donors (Lipinski definition) is 0. The minimum atomic E-state index is -0.243. The topological polar surface area (TPSA) is 35.5 Å². The highest BCUT2D eigenvalue weighted by molar-refractivity contribution is 9.10. The number of hydrogen-bond acceptors (Lipinski definition) is 3. The molecule has 0 saturated heterocycles. The minimum absolute atomic E-state index is 0.152. The lowest BCUT2D eigenvalue weighted by Gasteiger charge is -2.09. The molecule has 0 saturated carbocycles. The summed E-state index contributed by atoms with van der Waals surface area (Å²) in [4.78, 5) is 11.5. The van der Waals surface area contributed by atoms with Gasteiger partial charge in [-0.2, -0.15) is 0 Å². The Hall–Kier alpha value is -0.870. The zero-order chi connectivity index (χ0) is 10.8. The summed E-state index contributed by atoms with van der Waals surface area (Å²) in [6, 6.07) is 5.63. The summed E-state index contributed by atoms with van der Waals surface area (Å²) in [6.45, 7) is 0.591. The van der Waals surface area contributed by atoms with Gasteiger partial charge in [-0.1, -0.05) is 22.0 Å².